The summed E-state index contributed by atoms with van der Waals surface area (Å²) < 4.78 is 50.0. The summed E-state index contributed by atoms with van der Waals surface area (Å²) >= 11 is 0. The SMILES string of the molecule is COc1ccc([C@@H](C)[C@H](CNC(=O)C(C)(C)Oc2cc(C(F)(F)F)ccn2)c2cccc(C#N)c2)cc1. The minimum Gasteiger partial charge on any atom is -0.497 e. The lowest BCUT2D eigenvalue weighted by Crippen LogP contribution is -2.48. The molecule has 0 unspecified atom stereocenters. The molecule has 1 aromatic heterocycles. The van der Waals surface area contributed by atoms with Gasteiger partial charge in [-0.15, -0.1) is 0 Å². The molecule has 2 atom stereocenters. The fraction of sp³-hybridized carbons (Fsp3) is 0.321. The molecule has 1 amide bonds. The number of halogens is 3. The van der Waals surface area contributed by atoms with Crippen molar-refractivity contribution in [3.63, 3.8) is 0 Å². The lowest BCUT2D eigenvalue weighted by molar-refractivity contribution is -0.138. The van der Waals surface area contributed by atoms with E-state index in [0.717, 1.165) is 35.2 Å². The molecule has 37 heavy (non-hydrogen) atoms. The lowest BCUT2D eigenvalue weighted by atomic mass is 9.82. The van der Waals surface area contributed by atoms with E-state index in [-0.39, 0.29) is 24.3 Å². The second kappa shape index (κ2) is 11.3. The molecule has 0 saturated heterocycles. The van der Waals surface area contributed by atoms with Crippen LogP contribution in [0, 0.1) is 11.3 Å². The van der Waals surface area contributed by atoms with Crippen molar-refractivity contribution in [2.45, 2.75) is 44.4 Å². The van der Waals surface area contributed by atoms with Crippen molar-refractivity contribution in [1.29, 1.82) is 5.26 Å². The first-order chi connectivity index (χ1) is 17.4. The maximum absolute atomic E-state index is 13.1. The minimum atomic E-state index is -4.56. The quantitative estimate of drug-likeness (QED) is 0.390. The highest BCUT2D eigenvalue weighted by Crippen LogP contribution is 2.34. The highest BCUT2D eigenvalue weighted by molar-refractivity contribution is 5.84. The van der Waals surface area contributed by atoms with Gasteiger partial charge in [-0.1, -0.05) is 31.2 Å². The number of aromatic nitrogens is 1. The van der Waals surface area contributed by atoms with Gasteiger partial charge in [0.15, 0.2) is 5.60 Å². The Morgan fingerprint density at radius 1 is 1.08 bits per heavy atom. The van der Waals surface area contributed by atoms with Gasteiger partial charge in [-0.2, -0.15) is 18.4 Å². The number of nitriles is 1. The van der Waals surface area contributed by atoms with Crippen LogP contribution in [0.3, 0.4) is 0 Å². The molecule has 3 rings (SSSR count). The number of hydrogen-bond donors (Lipinski definition) is 1. The number of nitrogens with zero attached hydrogens (tertiary/aromatic N) is 2. The predicted octanol–water partition coefficient (Wildman–Crippen LogP) is 5.84. The summed E-state index contributed by atoms with van der Waals surface area (Å²) in [5.41, 5.74) is -0.0545. The Morgan fingerprint density at radius 3 is 2.41 bits per heavy atom. The fourth-order valence-electron chi connectivity index (χ4n) is 3.93. The number of methoxy groups -OCH3 is 1. The summed E-state index contributed by atoms with van der Waals surface area (Å²) in [5, 5.41) is 12.2. The number of pyridine rings is 1. The maximum atomic E-state index is 13.1. The smallest absolute Gasteiger partial charge is 0.416 e. The second-order valence-electron chi connectivity index (χ2n) is 9.11. The minimum absolute atomic E-state index is 0.0608. The number of carbonyl (C=O) groups excluding carboxylic acids is 1. The van der Waals surface area contributed by atoms with E-state index in [1.807, 2.05) is 37.3 Å². The van der Waals surface area contributed by atoms with Crippen molar-refractivity contribution < 1.29 is 27.4 Å². The van der Waals surface area contributed by atoms with E-state index in [1.54, 1.807) is 25.3 Å². The Hall–Kier alpha value is -4.06. The molecule has 3 aromatic rings. The molecular formula is C28H28F3N3O3. The summed E-state index contributed by atoms with van der Waals surface area (Å²) in [5.74, 6) is -0.383. The first-order valence-corrected chi connectivity index (χ1v) is 11.6. The number of hydrogen-bond acceptors (Lipinski definition) is 5. The summed E-state index contributed by atoms with van der Waals surface area (Å²) in [7, 11) is 1.59. The molecule has 0 saturated carbocycles. The van der Waals surface area contributed by atoms with Gasteiger partial charge in [-0.05, 0) is 61.2 Å². The van der Waals surface area contributed by atoms with Crippen molar-refractivity contribution in [2.75, 3.05) is 13.7 Å². The van der Waals surface area contributed by atoms with E-state index in [2.05, 4.69) is 16.4 Å². The van der Waals surface area contributed by atoms with E-state index in [4.69, 9.17) is 9.47 Å². The van der Waals surface area contributed by atoms with E-state index in [9.17, 15) is 23.2 Å². The molecule has 0 bridgehead atoms. The van der Waals surface area contributed by atoms with Crippen LogP contribution >= 0.6 is 0 Å². The number of carbonyl (C=O) groups is 1. The molecule has 0 radical (unpaired) electrons. The number of rotatable bonds is 9. The highest BCUT2D eigenvalue weighted by Gasteiger charge is 2.34. The van der Waals surface area contributed by atoms with Gasteiger partial charge in [-0.25, -0.2) is 4.98 Å². The normalized spacial score (nSPS) is 13.2. The van der Waals surface area contributed by atoms with E-state index in [1.165, 1.54) is 13.8 Å². The Kier molecular flexibility index (Phi) is 8.43. The van der Waals surface area contributed by atoms with Crippen LogP contribution in [0.2, 0.25) is 0 Å². The zero-order chi connectivity index (χ0) is 27.2. The van der Waals surface area contributed by atoms with Crippen LogP contribution in [0.1, 0.15) is 54.9 Å². The van der Waals surface area contributed by atoms with Gasteiger partial charge in [0, 0.05) is 24.7 Å². The van der Waals surface area contributed by atoms with E-state index >= 15 is 0 Å². The van der Waals surface area contributed by atoms with Crippen LogP contribution < -0.4 is 14.8 Å². The third kappa shape index (κ3) is 7.00. The summed E-state index contributed by atoms with van der Waals surface area (Å²) in [4.78, 5) is 16.9. The first-order valence-electron chi connectivity index (χ1n) is 11.6. The van der Waals surface area contributed by atoms with Crippen LogP contribution in [0.5, 0.6) is 11.6 Å². The summed E-state index contributed by atoms with van der Waals surface area (Å²) in [6, 6.07) is 18.5. The second-order valence-corrected chi connectivity index (χ2v) is 9.11. The lowest BCUT2D eigenvalue weighted by Gasteiger charge is -2.29. The number of benzene rings is 2. The number of alkyl halides is 3. The predicted molar refractivity (Wildman–Crippen MR) is 132 cm³/mol. The Bertz CT molecular complexity index is 1270. The third-order valence-corrected chi connectivity index (χ3v) is 6.14. The largest absolute Gasteiger partial charge is 0.497 e. The van der Waals surface area contributed by atoms with Crippen LogP contribution in [0.4, 0.5) is 13.2 Å². The van der Waals surface area contributed by atoms with Gasteiger partial charge in [0.2, 0.25) is 5.88 Å². The molecule has 1 heterocycles. The van der Waals surface area contributed by atoms with E-state index in [0.29, 0.717) is 5.56 Å². The van der Waals surface area contributed by atoms with Gasteiger partial charge in [0.05, 0.1) is 24.3 Å². The number of amides is 1. The van der Waals surface area contributed by atoms with Crippen molar-refractivity contribution >= 4 is 5.91 Å². The van der Waals surface area contributed by atoms with Crippen molar-refractivity contribution in [2.24, 2.45) is 0 Å². The molecule has 194 valence electrons. The van der Waals surface area contributed by atoms with Gasteiger partial charge in [-0.3, -0.25) is 4.79 Å². The molecule has 1 N–H and O–H groups in total. The monoisotopic (exact) mass is 511 g/mol. The molecule has 0 spiro atoms. The molecular weight excluding hydrogens is 483 g/mol. The van der Waals surface area contributed by atoms with Gasteiger partial charge < -0.3 is 14.8 Å². The molecule has 0 aliphatic heterocycles. The molecule has 6 nitrogen and oxygen atoms in total. The molecule has 9 heteroatoms. The zero-order valence-electron chi connectivity index (χ0n) is 21.0. The Morgan fingerprint density at radius 2 is 1.78 bits per heavy atom. The molecule has 0 aliphatic rings. The highest BCUT2D eigenvalue weighted by atomic mass is 19.4. The van der Waals surface area contributed by atoms with Crippen LogP contribution in [0.15, 0.2) is 66.9 Å². The Labute approximate surface area is 214 Å². The standard InChI is InChI=1S/C28H28F3N3O3/c1-18(20-8-10-23(36-4)11-9-20)24(21-7-5-6-19(14-21)16-32)17-34-26(35)27(2,3)37-25-15-22(12-13-33-25)28(29,30)31/h5-15,18,24H,17H2,1-4H3,(H,34,35)/t18-,24+/m1/s1. The van der Waals surface area contributed by atoms with Gasteiger partial charge in [0.1, 0.15) is 5.75 Å². The van der Waals surface area contributed by atoms with Crippen LogP contribution in [-0.2, 0) is 11.0 Å². The Balaban J connectivity index is 1.81. The molecule has 0 fully saturated rings. The van der Waals surface area contributed by atoms with Crippen molar-refractivity contribution in [3.8, 4) is 17.7 Å². The number of ether oxygens (including phenoxy) is 2. The third-order valence-electron chi connectivity index (χ3n) is 6.14. The van der Waals surface area contributed by atoms with Crippen LogP contribution in [-0.4, -0.2) is 30.1 Å². The van der Waals surface area contributed by atoms with E-state index < -0.39 is 23.2 Å². The summed E-state index contributed by atoms with van der Waals surface area (Å²) in [6.45, 7) is 5.14. The maximum Gasteiger partial charge on any atom is 0.416 e. The fourth-order valence-corrected chi connectivity index (χ4v) is 3.93. The first kappa shape index (κ1) is 27.5. The van der Waals surface area contributed by atoms with Crippen molar-refractivity contribution in [1.82, 2.24) is 10.3 Å². The number of nitrogens with one attached hydrogen (secondary N) is 1. The average Bonchev–Trinajstić information content (AvgIpc) is 2.88. The molecule has 0 aliphatic carbocycles. The van der Waals surface area contributed by atoms with Crippen LogP contribution in [0.25, 0.3) is 0 Å². The molecule has 2 aromatic carbocycles. The van der Waals surface area contributed by atoms with Crippen molar-refractivity contribution in [3.05, 3.63) is 89.1 Å². The average molecular weight is 512 g/mol. The van der Waals surface area contributed by atoms with Gasteiger partial charge >= 0.3 is 6.18 Å². The zero-order valence-corrected chi connectivity index (χ0v) is 21.0. The van der Waals surface area contributed by atoms with Gasteiger partial charge in [0.25, 0.3) is 5.91 Å². The topological polar surface area (TPSA) is 84.2 Å². The summed E-state index contributed by atoms with van der Waals surface area (Å²) in [6.07, 6.45) is -3.57.